The summed E-state index contributed by atoms with van der Waals surface area (Å²) in [6.07, 6.45) is -1.07. The summed E-state index contributed by atoms with van der Waals surface area (Å²) in [5.41, 5.74) is -0.212. The van der Waals surface area contributed by atoms with Crippen molar-refractivity contribution in [3.63, 3.8) is 0 Å². The van der Waals surface area contributed by atoms with Gasteiger partial charge in [0.15, 0.2) is 6.04 Å². The van der Waals surface area contributed by atoms with E-state index in [1.807, 2.05) is 0 Å². The number of non-ortho nitro benzene ring substituents is 1. The van der Waals surface area contributed by atoms with Gasteiger partial charge in [-0.1, -0.05) is 0 Å². The van der Waals surface area contributed by atoms with Crippen molar-refractivity contribution >= 4 is 25.6 Å². The maximum Gasteiger partial charge on any atom is 0.469 e. The molecule has 1 rings (SSSR count). The minimum atomic E-state index is -4.87. The zero-order valence-electron chi connectivity index (χ0n) is 13.1. The number of hydrogen-bond acceptors (Lipinski definition) is 8. The highest BCUT2D eigenvalue weighted by molar-refractivity contribution is 7.46. The summed E-state index contributed by atoms with van der Waals surface area (Å²) in [5.74, 6) is -1.03. The second-order valence-electron chi connectivity index (χ2n) is 4.56. The van der Waals surface area contributed by atoms with E-state index in [0.717, 1.165) is 26.3 Å². The molecule has 1 atom stereocenters. The van der Waals surface area contributed by atoms with Gasteiger partial charge in [0.05, 0.1) is 18.6 Å². The molecule has 0 fully saturated rings. The van der Waals surface area contributed by atoms with E-state index in [1.54, 1.807) is 0 Å². The molecule has 0 saturated carbocycles. The summed E-state index contributed by atoms with van der Waals surface area (Å²) >= 11 is 0. The van der Waals surface area contributed by atoms with Gasteiger partial charge in [0, 0.05) is 19.2 Å². The van der Waals surface area contributed by atoms with E-state index < -0.39 is 37.5 Å². The molecule has 0 spiro atoms. The van der Waals surface area contributed by atoms with Crippen molar-refractivity contribution < 1.29 is 42.9 Å². The predicted octanol–water partition coefficient (Wildman–Crippen LogP) is 0.676. The van der Waals surface area contributed by atoms with Crippen LogP contribution in [0.15, 0.2) is 24.3 Å². The van der Waals surface area contributed by atoms with E-state index in [1.165, 1.54) is 12.1 Å². The molecule has 0 aliphatic rings. The number of phosphoric acid groups is 1. The van der Waals surface area contributed by atoms with Crippen molar-refractivity contribution in [2.45, 2.75) is 6.04 Å². The van der Waals surface area contributed by atoms with E-state index in [2.05, 4.69) is 9.26 Å². The Morgan fingerprint density at radius 2 is 1.88 bits per heavy atom. The summed E-state index contributed by atoms with van der Waals surface area (Å²) in [4.78, 5) is 51.7. The second-order valence-corrected chi connectivity index (χ2v) is 5.79. The molecule has 25 heavy (non-hydrogen) atoms. The molecule has 13 heteroatoms. The van der Waals surface area contributed by atoms with Crippen molar-refractivity contribution in [1.29, 1.82) is 0 Å². The summed E-state index contributed by atoms with van der Waals surface area (Å²) < 4.78 is 24.3. The Kier molecular flexibility index (Phi) is 7.00. The van der Waals surface area contributed by atoms with Crippen LogP contribution < -0.4 is 4.74 Å². The monoisotopic (exact) mass is 378 g/mol. The van der Waals surface area contributed by atoms with Crippen molar-refractivity contribution in [2.75, 3.05) is 20.8 Å². The molecule has 138 valence electrons. The fraction of sp³-hybridized carbons (Fsp3) is 0.333. The number of hydrogen-bond donors (Lipinski definition) is 2. The van der Waals surface area contributed by atoms with Crippen LogP contribution in [0.4, 0.5) is 10.5 Å². The Hall–Kier alpha value is -2.53. The van der Waals surface area contributed by atoms with Crippen molar-refractivity contribution in [2.24, 2.45) is 0 Å². The van der Waals surface area contributed by atoms with E-state index in [4.69, 9.17) is 14.5 Å². The number of rotatable bonds is 7. The number of amides is 1. The Morgan fingerprint density at radius 3 is 2.32 bits per heavy atom. The molecular formula is C12H15N2O10P. The first-order valence-electron chi connectivity index (χ1n) is 6.52. The molecule has 12 nitrogen and oxygen atoms in total. The number of carbonyl (C=O) groups excluding carboxylic acids is 2. The lowest BCUT2D eigenvalue weighted by Crippen LogP contribution is -2.47. The normalized spacial score (nSPS) is 12.2. The van der Waals surface area contributed by atoms with Crippen LogP contribution in [0, 0.1) is 10.1 Å². The second kappa shape index (κ2) is 8.53. The van der Waals surface area contributed by atoms with Crippen LogP contribution in [0.3, 0.4) is 0 Å². The van der Waals surface area contributed by atoms with Gasteiger partial charge in [0.1, 0.15) is 5.75 Å². The third-order valence-corrected chi connectivity index (χ3v) is 3.37. The summed E-state index contributed by atoms with van der Waals surface area (Å²) in [7, 11) is -2.73. The highest BCUT2D eigenvalue weighted by Crippen LogP contribution is 2.36. The van der Waals surface area contributed by atoms with E-state index in [-0.39, 0.29) is 11.4 Å². The van der Waals surface area contributed by atoms with Crippen LogP contribution in [0.2, 0.25) is 0 Å². The first kappa shape index (κ1) is 20.5. The molecule has 1 amide bonds. The average molecular weight is 378 g/mol. The molecule has 0 radical (unpaired) electrons. The smallest absolute Gasteiger partial charge is 0.467 e. The van der Waals surface area contributed by atoms with Crippen LogP contribution in [0.25, 0.3) is 0 Å². The minimum Gasteiger partial charge on any atom is -0.467 e. The highest BCUT2D eigenvalue weighted by atomic mass is 31.2. The maximum atomic E-state index is 12.0. The number of benzene rings is 1. The van der Waals surface area contributed by atoms with Gasteiger partial charge < -0.3 is 19.3 Å². The minimum absolute atomic E-state index is 0.0398. The SMILES string of the molecule is COC(=O)[C@H](COP(=O)(O)O)N(C)C(=O)Oc1ccc([N+](=O)[O-])cc1. The lowest BCUT2D eigenvalue weighted by atomic mass is 10.3. The number of nitro groups is 1. The number of esters is 1. The first-order chi connectivity index (χ1) is 11.5. The van der Waals surface area contributed by atoms with E-state index in [9.17, 15) is 24.3 Å². The topological polar surface area (TPSA) is 166 Å². The number of nitrogens with zero attached hydrogens (tertiary/aromatic N) is 2. The number of nitro benzene ring substituents is 1. The Balaban J connectivity index is 2.82. The van der Waals surface area contributed by atoms with Gasteiger partial charge in [-0.2, -0.15) is 0 Å². The molecule has 0 heterocycles. The van der Waals surface area contributed by atoms with Crippen LogP contribution >= 0.6 is 7.82 Å². The molecule has 1 aromatic carbocycles. The quantitative estimate of drug-likeness (QED) is 0.298. The van der Waals surface area contributed by atoms with Crippen LogP contribution in [-0.2, 0) is 18.6 Å². The van der Waals surface area contributed by atoms with Gasteiger partial charge in [0.2, 0.25) is 0 Å². The molecule has 0 aliphatic heterocycles. The fourth-order valence-electron chi connectivity index (χ4n) is 1.58. The fourth-order valence-corrected chi connectivity index (χ4v) is 1.91. The molecule has 2 N–H and O–H groups in total. The van der Waals surface area contributed by atoms with Gasteiger partial charge in [-0.15, -0.1) is 0 Å². The van der Waals surface area contributed by atoms with Gasteiger partial charge in [0.25, 0.3) is 5.69 Å². The van der Waals surface area contributed by atoms with E-state index in [0.29, 0.717) is 4.90 Å². The number of ether oxygens (including phenoxy) is 2. The van der Waals surface area contributed by atoms with E-state index >= 15 is 0 Å². The third-order valence-electron chi connectivity index (χ3n) is 2.88. The Labute approximate surface area is 141 Å². The molecular weight excluding hydrogens is 363 g/mol. The third kappa shape index (κ3) is 6.47. The van der Waals surface area contributed by atoms with Gasteiger partial charge in [-0.3, -0.25) is 19.5 Å². The van der Waals surface area contributed by atoms with Gasteiger partial charge in [-0.25, -0.2) is 14.2 Å². The highest BCUT2D eigenvalue weighted by Gasteiger charge is 2.32. The lowest BCUT2D eigenvalue weighted by Gasteiger charge is -2.25. The molecule has 0 saturated heterocycles. The molecule has 1 aromatic rings. The van der Waals surface area contributed by atoms with Crippen LogP contribution in [-0.4, -0.2) is 58.5 Å². The Bertz CT molecular complexity index is 686. The maximum absolute atomic E-state index is 12.0. The molecule has 0 aromatic heterocycles. The molecule has 0 unspecified atom stereocenters. The zero-order valence-corrected chi connectivity index (χ0v) is 14.0. The largest absolute Gasteiger partial charge is 0.469 e. The number of phosphoric ester groups is 1. The van der Waals surface area contributed by atoms with Crippen molar-refractivity contribution in [3.8, 4) is 5.75 Å². The number of carbonyl (C=O) groups is 2. The first-order valence-corrected chi connectivity index (χ1v) is 8.05. The summed E-state index contributed by atoms with van der Waals surface area (Å²) in [5, 5.41) is 10.6. The Morgan fingerprint density at radius 1 is 1.32 bits per heavy atom. The van der Waals surface area contributed by atoms with Gasteiger partial charge in [-0.05, 0) is 12.1 Å². The van der Waals surface area contributed by atoms with Crippen molar-refractivity contribution in [1.82, 2.24) is 4.90 Å². The lowest BCUT2D eigenvalue weighted by molar-refractivity contribution is -0.384. The molecule has 0 bridgehead atoms. The van der Waals surface area contributed by atoms with Crippen molar-refractivity contribution in [3.05, 3.63) is 34.4 Å². The average Bonchev–Trinajstić information content (AvgIpc) is 2.53. The summed E-state index contributed by atoms with van der Waals surface area (Å²) in [6, 6.07) is 3.07. The summed E-state index contributed by atoms with van der Waals surface area (Å²) in [6.45, 7) is -0.831. The predicted molar refractivity (Wildman–Crippen MR) is 80.7 cm³/mol. The number of methoxy groups -OCH3 is 1. The number of likely N-dealkylation sites (N-methyl/N-ethyl adjacent to an activating group) is 1. The van der Waals surface area contributed by atoms with Crippen LogP contribution in [0.1, 0.15) is 0 Å². The molecule has 0 aliphatic carbocycles. The van der Waals surface area contributed by atoms with Crippen LogP contribution in [0.5, 0.6) is 5.75 Å². The standard InChI is InChI=1S/C12H15N2O10P/c1-13(10(11(15)22-2)7-23-25(19,20)21)12(16)24-9-5-3-8(4-6-9)14(17)18/h3-6,10H,7H2,1-2H3,(H2,19,20,21)/t10-/m0/s1. The zero-order chi connectivity index (χ0) is 19.2. The van der Waals surface area contributed by atoms with Gasteiger partial charge >= 0.3 is 19.9 Å².